The molecule has 34 heavy (non-hydrogen) atoms. The Kier molecular flexibility index (Phi) is 6.64. The summed E-state index contributed by atoms with van der Waals surface area (Å²) >= 11 is 1.72. The van der Waals surface area contributed by atoms with Crippen LogP contribution in [0.25, 0.3) is 11.0 Å². The Hall–Kier alpha value is -2.79. The number of piperidine rings is 1. The lowest BCUT2D eigenvalue weighted by atomic mass is 10.0. The van der Waals surface area contributed by atoms with Crippen LogP contribution in [0.2, 0.25) is 0 Å². The van der Waals surface area contributed by atoms with Gasteiger partial charge in [-0.25, -0.2) is 4.98 Å². The molecule has 2 aliphatic rings. The molecule has 0 spiro atoms. The number of nitrogens with zero attached hydrogens (tertiary/aromatic N) is 6. The van der Waals surface area contributed by atoms with Crippen LogP contribution >= 0.6 is 11.8 Å². The molecule has 0 radical (unpaired) electrons. The van der Waals surface area contributed by atoms with Gasteiger partial charge in [0.15, 0.2) is 5.82 Å². The van der Waals surface area contributed by atoms with E-state index in [1.807, 2.05) is 31.0 Å². The number of carbonyl (C=O) groups excluding carboxylic acids is 1. The first-order valence-corrected chi connectivity index (χ1v) is 12.9. The van der Waals surface area contributed by atoms with Crippen LogP contribution in [0.3, 0.4) is 0 Å². The number of H-pyrrole nitrogens is 1. The van der Waals surface area contributed by atoms with Gasteiger partial charge in [0.25, 0.3) is 0 Å². The lowest BCUT2D eigenvalue weighted by Crippen LogP contribution is -2.57. The van der Waals surface area contributed by atoms with E-state index < -0.39 is 0 Å². The molecular weight excluding hydrogens is 452 g/mol. The first-order valence-electron chi connectivity index (χ1n) is 11.9. The molecule has 5 heterocycles. The number of aryl methyl sites for hydroxylation is 2. The number of anilines is 2. The molecule has 5 rings (SSSR count). The third kappa shape index (κ3) is 4.72. The van der Waals surface area contributed by atoms with Crippen molar-refractivity contribution >= 4 is 40.5 Å². The molecule has 0 saturated carbocycles. The van der Waals surface area contributed by atoms with Gasteiger partial charge in [-0.2, -0.15) is 4.98 Å². The van der Waals surface area contributed by atoms with Gasteiger partial charge in [0.05, 0.1) is 16.1 Å². The van der Waals surface area contributed by atoms with E-state index >= 15 is 0 Å². The van der Waals surface area contributed by atoms with Crippen LogP contribution in [0.5, 0.6) is 0 Å². The van der Waals surface area contributed by atoms with E-state index in [0.29, 0.717) is 25.1 Å². The zero-order chi connectivity index (χ0) is 23.7. The number of hydrogen-bond donors (Lipinski definition) is 2. The standard InChI is InChI=1S/C23H32N8O2S/c1-15-21(16(2)33-28-15)34-12-8-25-22-20-18(6-7-24-20)26-23(27-22)30-10-11-31(19(32)14-30)17-5-4-9-29(3)13-17/h6-7,17,24H,4-5,8-14H2,1-3H3,(H,25,26,27). The van der Waals surface area contributed by atoms with Crippen molar-refractivity contribution in [2.75, 3.05) is 62.3 Å². The van der Waals surface area contributed by atoms with Gasteiger partial charge in [0, 0.05) is 44.2 Å². The molecule has 1 unspecified atom stereocenters. The molecule has 0 aliphatic carbocycles. The van der Waals surface area contributed by atoms with Gasteiger partial charge in [-0.15, -0.1) is 11.8 Å². The summed E-state index contributed by atoms with van der Waals surface area (Å²) in [4.78, 5) is 33.3. The quantitative estimate of drug-likeness (QED) is 0.386. The molecular formula is C23H32N8O2S. The normalized spacial score (nSPS) is 19.9. The van der Waals surface area contributed by atoms with E-state index in [1.54, 1.807) is 11.8 Å². The van der Waals surface area contributed by atoms with Gasteiger partial charge < -0.3 is 29.5 Å². The monoisotopic (exact) mass is 484 g/mol. The molecule has 1 atom stereocenters. The Morgan fingerprint density at radius 2 is 2.15 bits per heavy atom. The number of fused-ring (bicyclic) bond motifs is 1. The second-order valence-electron chi connectivity index (χ2n) is 9.11. The van der Waals surface area contributed by atoms with Crippen molar-refractivity contribution in [3.63, 3.8) is 0 Å². The van der Waals surface area contributed by atoms with Crippen LogP contribution in [-0.2, 0) is 4.79 Å². The Balaban J connectivity index is 1.25. The molecule has 1 amide bonds. The number of aromatic amines is 1. The predicted octanol–water partition coefficient (Wildman–Crippen LogP) is 2.51. The highest BCUT2D eigenvalue weighted by atomic mass is 32.2. The molecule has 2 saturated heterocycles. The van der Waals surface area contributed by atoms with Crippen LogP contribution in [0.15, 0.2) is 21.7 Å². The van der Waals surface area contributed by atoms with Gasteiger partial charge in [-0.05, 0) is 46.3 Å². The molecule has 3 aromatic heterocycles. The second-order valence-corrected chi connectivity index (χ2v) is 10.2. The van der Waals surface area contributed by atoms with E-state index in [4.69, 9.17) is 14.5 Å². The molecule has 2 aliphatic heterocycles. The van der Waals surface area contributed by atoms with Crippen LogP contribution < -0.4 is 10.2 Å². The summed E-state index contributed by atoms with van der Waals surface area (Å²) < 4.78 is 5.25. The number of likely N-dealkylation sites (N-methyl/N-ethyl adjacent to an activating group) is 1. The molecule has 0 bridgehead atoms. The van der Waals surface area contributed by atoms with E-state index in [0.717, 1.165) is 78.0 Å². The van der Waals surface area contributed by atoms with Gasteiger partial charge in [0.2, 0.25) is 11.9 Å². The number of aromatic nitrogens is 4. The van der Waals surface area contributed by atoms with Crippen molar-refractivity contribution in [1.82, 2.24) is 29.9 Å². The maximum Gasteiger partial charge on any atom is 0.242 e. The largest absolute Gasteiger partial charge is 0.367 e. The smallest absolute Gasteiger partial charge is 0.242 e. The third-order valence-corrected chi connectivity index (χ3v) is 7.86. The zero-order valence-corrected chi connectivity index (χ0v) is 20.8. The van der Waals surface area contributed by atoms with E-state index in [1.165, 1.54) is 0 Å². The lowest BCUT2D eigenvalue weighted by molar-refractivity contribution is -0.134. The van der Waals surface area contributed by atoms with Crippen molar-refractivity contribution in [2.24, 2.45) is 0 Å². The fourth-order valence-electron chi connectivity index (χ4n) is 4.84. The predicted molar refractivity (Wildman–Crippen MR) is 134 cm³/mol. The summed E-state index contributed by atoms with van der Waals surface area (Å²) in [6.45, 7) is 8.45. The molecule has 0 aromatic carbocycles. The third-order valence-electron chi connectivity index (χ3n) is 6.58. The molecule has 11 heteroatoms. The van der Waals surface area contributed by atoms with Crippen molar-refractivity contribution in [3.8, 4) is 0 Å². The molecule has 182 valence electrons. The number of likely N-dealkylation sites (tertiary alicyclic amines) is 1. The van der Waals surface area contributed by atoms with Crippen LogP contribution in [0.4, 0.5) is 11.8 Å². The highest BCUT2D eigenvalue weighted by Crippen LogP contribution is 2.27. The molecule has 2 N–H and O–H groups in total. The summed E-state index contributed by atoms with van der Waals surface area (Å²) in [5.74, 6) is 3.21. The van der Waals surface area contributed by atoms with Gasteiger partial charge in [0.1, 0.15) is 17.8 Å². The summed E-state index contributed by atoms with van der Waals surface area (Å²) in [5.41, 5.74) is 2.64. The van der Waals surface area contributed by atoms with Gasteiger partial charge >= 0.3 is 0 Å². The van der Waals surface area contributed by atoms with Crippen molar-refractivity contribution < 1.29 is 9.32 Å². The average molecular weight is 485 g/mol. The topological polar surface area (TPSA) is 106 Å². The summed E-state index contributed by atoms with van der Waals surface area (Å²) in [6, 6.07) is 2.26. The van der Waals surface area contributed by atoms with Gasteiger partial charge in [-0.3, -0.25) is 4.79 Å². The number of rotatable bonds is 7. The number of hydrogen-bond acceptors (Lipinski definition) is 9. The number of thioether (sulfide) groups is 1. The average Bonchev–Trinajstić information content (AvgIpc) is 3.43. The minimum atomic E-state index is 0.162. The van der Waals surface area contributed by atoms with Crippen molar-refractivity contribution in [1.29, 1.82) is 0 Å². The van der Waals surface area contributed by atoms with Gasteiger partial charge in [-0.1, -0.05) is 5.16 Å². The minimum absolute atomic E-state index is 0.162. The Morgan fingerprint density at radius 1 is 1.26 bits per heavy atom. The fourth-order valence-corrected chi connectivity index (χ4v) is 5.74. The highest BCUT2D eigenvalue weighted by Gasteiger charge is 2.32. The molecule has 2 fully saturated rings. The van der Waals surface area contributed by atoms with Crippen LogP contribution in [0, 0.1) is 13.8 Å². The zero-order valence-electron chi connectivity index (χ0n) is 20.0. The highest BCUT2D eigenvalue weighted by molar-refractivity contribution is 7.99. The number of nitrogens with one attached hydrogen (secondary N) is 2. The Labute approximate surface area is 203 Å². The molecule has 10 nitrogen and oxygen atoms in total. The summed E-state index contributed by atoms with van der Waals surface area (Å²) in [7, 11) is 2.13. The van der Waals surface area contributed by atoms with Crippen molar-refractivity contribution in [2.45, 2.75) is 37.6 Å². The maximum absolute atomic E-state index is 13.0. The Bertz CT molecular complexity index is 1140. The molecule has 3 aromatic rings. The van der Waals surface area contributed by atoms with Crippen LogP contribution in [-0.4, -0.2) is 93.9 Å². The fraction of sp³-hybridized carbons (Fsp3) is 0.565. The first kappa shape index (κ1) is 23.0. The first-order chi connectivity index (χ1) is 16.5. The van der Waals surface area contributed by atoms with E-state index in [2.05, 4.69) is 32.3 Å². The van der Waals surface area contributed by atoms with Crippen molar-refractivity contribution in [3.05, 3.63) is 23.7 Å². The minimum Gasteiger partial charge on any atom is -0.367 e. The number of carbonyl (C=O) groups is 1. The van der Waals surface area contributed by atoms with E-state index in [-0.39, 0.29) is 5.91 Å². The van der Waals surface area contributed by atoms with E-state index in [9.17, 15) is 4.79 Å². The Morgan fingerprint density at radius 3 is 2.91 bits per heavy atom. The SMILES string of the molecule is Cc1noc(C)c1SCCNc1nc(N2CCN(C3CCCN(C)C3)C(=O)C2)nc2cc[nH]c12. The number of piperazine rings is 1. The maximum atomic E-state index is 13.0. The number of amides is 1. The van der Waals surface area contributed by atoms with Crippen LogP contribution in [0.1, 0.15) is 24.3 Å². The second kappa shape index (κ2) is 9.83. The summed E-state index contributed by atoms with van der Waals surface area (Å²) in [6.07, 6.45) is 4.10. The summed E-state index contributed by atoms with van der Waals surface area (Å²) in [5, 5.41) is 7.46. The lowest BCUT2D eigenvalue weighted by Gasteiger charge is -2.42.